The molecule has 0 saturated carbocycles. The molecule has 0 spiro atoms. The SMILES string of the molecule is CC/C=C\C/C=C\CCCCCCCCCC(=O)OC(COC(=O)CCCC/C=C\C/C=C\CC)COC(=O)CCCCCCCCC/C=C\C/C=C\CCCCC. The number of carbonyl (C=O) groups is 3. The number of hydrogen-bond donors (Lipinski definition) is 0. The smallest absolute Gasteiger partial charge is 0.306 e. The Labute approximate surface area is 357 Å². The zero-order valence-electron chi connectivity index (χ0n) is 37.8. The van der Waals surface area contributed by atoms with Crippen LogP contribution in [0, 0.1) is 0 Å². The summed E-state index contributed by atoms with van der Waals surface area (Å²) in [5.74, 6) is -0.951. The first kappa shape index (κ1) is 54.9. The lowest BCUT2D eigenvalue weighted by Crippen LogP contribution is -2.30. The van der Waals surface area contributed by atoms with E-state index in [1.165, 1.54) is 77.0 Å². The highest BCUT2D eigenvalue weighted by Gasteiger charge is 2.19. The van der Waals surface area contributed by atoms with E-state index in [0.717, 1.165) is 103 Å². The Bertz CT molecular complexity index is 1110. The van der Waals surface area contributed by atoms with Crippen LogP contribution in [0.1, 0.15) is 220 Å². The van der Waals surface area contributed by atoms with Gasteiger partial charge in [0.15, 0.2) is 6.10 Å². The summed E-state index contributed by atoms with van der Waals surface area (Å²) in [4.78, 5) is 37.8. The number of carbonyl (C=O) groups excluding carboxylic acids is 3. The first-order valence-electron chi connectivity index (χ1n) is 23.9. The predicted octanol–water partition coefficient (Wildman–Crippen LogP) is 15.5. The van der Waals surface area contributed by atoms with Gasteiger partial charge in [-0.2, -0.15) is 0 Å². The van der Waals surface area contributed by atoms with E-state index in [9.17, 15) is 14.4 Å². The number of allylic oxidation sites excluding steroid dienone is 12. The van der Waals surface area contributed by atoms with Crippen molar-refractivity contribution in [3.63, 3.8) is 0 Å². The Morgan fingerprint density at radius 2 is 0.672 bits per heavy atom. The van der Waals surface area contributed by atoms with Gasteiger partial charge in [-0.15, -0.1) is 0 Å². The molecule has 0 saturated heterocycles. The third-order valence-electron chi connectivity index (χ3n) is 9.93. The summed E-state index contributed by atoms with van der Waals surface area (Å²) in [5, 5.41) is 0. The quantitative estimate of drug-likeness (QED) is 0.0264. The minimum absolute atomic E-state index is 0.0938. The lowest BCUT2D eigenvalue weighted by Gasteiger charge is -2.18. The van der Waals surface area contributed by atoms with Crippen LogP contribution >= 0.6 is 0 Å². The van der Waals surface area contributed by atoms with Crippen molar-refractivity contribution in [1.82, 2.24) is 0 Å². The second-order valence-electron chi connectivity index (χ2n) is 15.6. The second-order valence-corrected chi connectivity index (χ2v) is 15.6. The van der Waals surface area contributed by atoms with Crippen LogP contribution in [-0.4, -0.2) is 37.2 Å². The molecular weight excluding hydrogens is 721 g/mol. The summed E-state index contributed by atoms with van der Waals surface area (Å²) in [6.45, 7) is 6.33. The fraction of sp³-hybridized carbons (Fsp3) is 0.712. The van der Waals surface area contributed by atoms with Crippen molar-refractivity contribution < 1.29 is 28.6 Å². The lowest BCUT2D eigenvalue weighted by molar-refractivity contribution is -0.167. The average molecular weight is 809 g/mol. The molecule has 0 radical (unpaired) electrons. The van der Waals surface area contributed by atoms with Crippen LogP contribution in [0.2, 0.25) is 0 Å². The highest BCUT2D eigenvalue weighted by atomic mass is 16.6. The molecule has 6 nitrogen and oxygen atoms in total. The topological polar surface area (TPSA) is 78.9 Å². The zero-order chi connectivity index (χ0) is 42.3. The summed E-state index contributed by atoms with van der Waals surface area (Å²) >= 11 is 0. The van der Waals surface area contributed by atoms with Crippen LogP contribution in [0.5, 0.6) is 0 Å². The Hall–Kier alpha value is -3.15. The van der Waals surface area contributed by atoms with E-state index in [1.54, 1.807) is 0 Å². The highest BCUT2D eigenvalue weighted by molar-refractivity contribution is 5.71. The molecule has 0 heterocycles. The number of ether oxygens (including phenoxy) is 3. The van der Waals surface area contributed by atoms with Crippen molar-refractivity contribution in [2.45, 2.75) is 226 Å². The lowest BCUT2D eigenvalue weighted by atomic mass is 10.1. The average Bonchev–Trinajstić information content (AvgIpc) is 3.22. The highest BCUT2D eigenvalue weighted by Crippen LogP contribution is 2.14. The molecule has 0 aromatic carbocycles. The van der Waals surface area contributed by atoms with E-state index >= 15 is 0 Å². The molecule has 0 aliphatic rings. The van der Waals surface area contributed by atoms with Gasteiger partial charge in [-0.05, 0) is 103 Å². The van der Waals surface area contributed by atoms with Crippen molar-refractivity contribution in [2.24, 2.45) is 0 Å². The van der Waals surface area contributed by atoms with Gasteiger partial charge in [-0.25, -0.2) is 0 Å². The number of esters is 3. The minimum Gasteiger partial charge on any atom is -0.462 e. The van der Waals surface area contributed by atoms with Crippen molar-refractivity contribution in [3.05, 3.63) is 72.9 Å². The molecule has 0 aromatic rings. The predicted molar refractivity (Wildman–Crippen MR) is 247 cm³/mol. The summed E-state index contributed by atoms with van der Waals surface area (Å²) in [6, 6.07) is 0. The van der Waals surface area contributed by atoms with Gasteiger partial charge in [0, 0.05) is 19.3 Å². The fourth-order valence-electron chi connectivity index (χ4n) is 6.37. The Morgan fingerprint density at radius 3 is 1.07 bits per heavy atom. The number of hydrogen-bond acceptors (Lipinski definition) is 6. The third-order valence-corrected chi connectivity index (χ3v) is 9.93. The van der Waals surface area contributed by atoms with E-state index < -0.39 is 6.10 Å². The van der Waals surface area contributed by atoms with Crippen LogP contribution < -0.4 is 0 Å². The molecule has 0 N–H and O–H groups in total. The third kappa shape index (κ3) is 44.0. The number of rotatable bonds is 42. The maximum atomic E-state index is 12.7. The molecule has 0 amide bonds. The summed E-state index contributed by atoms with van der Waals surface area (Å²) in [5.41, 5.74) is 0. The maximum Gasteiger partial charge on any atom is 0.306 e. The van der Waals surface area contributed by atoms with Gasteiger partial charge in [-0.1, -0.05) is 171 Å². The van der Waals surface area contributed by atoms with E-state index in [2.05, 4.69) is 93.7 Å². The normalized spacial score (nSPS) is 12.7. The molecule has 6 heteroatoms. The molecule has 1 atom stereocenters. The number of unbranched alkanes of at least 4 members (excludes halogenated alkanes) is 19. The molecule has 0 aromatic heterocycles. The van der Waals surface area contributed by atoms with Gasteiger partial charge in [0.05, 0.1) is 0 Å². The van der Waals surface area contributed by atoms with E-state index in [4.69, 9.17) is 14.2 Å². The van der Waals surface area contributed by atoms with Gasteiger partial charge in [0.25, 0.3) is 0 Å². The molecule has 58 heavy (non-hydrogen) atoms. The molecule has 0 aliphatic heterocycles. The molecule has 0 rings (SSSR count). The molecule has 1 unspecified atom stereocenters. The monoisotopic (exact) mass is 809 g/mol. The summed E-state index contributed by atoms with van der Waals surface area (Å²) in [6.07, 6.45) is 57.5. The van der Waals surface area contributed by atoms with Crippen LogP contribution in [0.4, 0.5) is 0 Å². The summed E-state index contributed by atoms with van der Waals surface area (Å²) < 4.78 is 16.7. The van der Waals surface area contributed by atoms with E-state index in [-0.39, 0.29) is 31.1 Å². The van der Waals surface area contributed by atoms with Gasteiger partial charge in [0.2, 0.25) is 0 Å². The Kier molecular flexibility index (Phi) is 44.0. The molecular formula is C52H88O6. The van der Waals surface area contributed by atoms with Crippen LogP contribution in [0.3, 0.4) is 0 Å². The van der Waals surface area contributed by atoms with Crippen molar-refractivity contribution >= 4 is 17.9 Å². The molecule has 0 aliphatic carbocycles. The Balaban J connectivity index is 4.38. The van der Waals surface area contributed by atoms with Crippen molar-refractivity contribution in [3.8, 4) is 0 Å². The first-order chi connectivity index (χ1) is 28.5. The fourth-order valence-corrected chi connectivity index (χ4v) is 6.37. The van der Waals surface area contributed by atoms with Gasteiger partial charge < -0.3 is 14.2 Å². The van der Waals surface area contributed by atoms with E-state index in [0.29, 0.717) is 19.3 Å². The Morgan fingerprint density at radius 1 is 0.362 bits per heavy atom. The van der Waals surface area contributed by atoms with Crippen molar-refractivity contribution in [2.75, 3.05) is 13.2 Å². The maximum absolute atomic E-state index is 12.7. The summed E-state index contributed by atoms with van der Waals surface area (Å²) in [7, 11) is 0. The standard InChI is InChI=1S/C52H88O6/c1-4-7-10-13-16-19-21-23-25-26-27-29-30-33-36-39-42-45-51(54)57-48-49(47-56-50(53)44-41-38-35-32-18-15-12-9-6-3)58-52(55)46-43-40-37-34-31-28-24-22-20-17-14-11-8-5-2/h8-9,11-12,16-20,23,25,32,49H,4-7,10,13-15,21-22,24,26-31,33-48H2,1-3H3/b11-8-,12-9-,19-16-,20-17-,25-23-,32-18-. The van der Waals surface area contributed by atoms with Crippen LogP contribution in [0.25, 0.3) is 0 Å². The largest absolute Gasteiger partial charge is 0.462 e. The molecule has 332 valence electrons. The van der Waals surface area contributed by atoms with Crippen LogP contribution in [0.15, 0.2) is 72.9 Å². The van der Waals surface area contributed by atoms with Gasteiger partial charge in [0.1, 0.15) is 13.2 Å². The molecule has 0 fully saturated rings. The first-order valence-corrected chi connectivity index (χ1v) is 23.9. The van der Waals surface area contributed by atoms with E-state index in [1.807, 2.05) is 0 Å². The second kappa shape index (κ2) is 46.5. The minimum atomic E-state index is -0.793. The van der Waals surface area contributed by atoms with Crippen LogP contribution in [-0.2, 0) is 28.6 Å². The zero-order valence-corrected chi connectivity index (χ0v) is 37.8. The molecule has 0 bridgehead atoms. The van der Waals surface area contributed by atoms with Crippen molar-refractivity contribution in [1.29, 1.82) is 0 Å². The van der Waals surface area contributed by atoms with Gasteiger partial charge in [-0.3, -0.25) is 14.4 Å². The van der Waals surface area contributed by atoms with Gasteiger partial charge >= 0.3 is 17.9 Å².